The minimum atomic E-state index is -0.981. The van der Waals surface area contributed by atoms with Gasteiger partial charge < -0.3 is 67.3 Å². The van der Waals surface area contributed by atoms with Gasteiger partial charge in [0.25, 0.3) is 11.8 Å². The summed E-state index contributed by atoms with van der Waals surface area (Å²) < 4.78 is 49.1. The fourth-order valence-electron chi connectivity index (χ4n) is 9.15. The molecule has 2 fully saturated rings. The fraction of sp³-hybridized carbons (Fsp3) is 0.679. The molecule has 4 atom stereocenters. The first-order valence-corrected chi connectivity index (χ1v) is 26.4. The Labute approximate surface area is 450 Å². The van der Waals surface area contributed by atoms with E-state index in [0.29, 0.717) is 99.1 Å². The average Bonchev–Trinajstić information content (AvgIpc) is 3.33. The molecule has 2 aliphatic heterocycles. The number of benzene rings is 2. The first-order chi connectivity index (χ1) is 35.8. The molecule has 20 heteroatoms. The Morgan fingerprint density at radius 1 is 0.592 bits per heavy atom. The number of carbonyl (C=O) groups is 6. The second-order valence-electron chi connectivity index (χ2n) is 21.4. The van der Waals surface area contributed by atoms with Gasteiger partial charge in [-0.3, -0.25) is 19.2 Å². The number of amides is 4. The summed E-state index contributed by atoms with van der Waals surface area (Å²) in [5.74, 6) is 0.293. The van der Waals surface area contributed by atoms with Crippen molar-refractivity contribution in [3.05, 3.63) is 47.5 Å². The summed E-state index contributed by atoms with van der Waals surface area (Å²) in [4.78, 5) is 84.2. The van der Waals surface area contributed by atoms with E-state index in [1.165, 1.54) is 4.90 Å². The zero-order valence-electron chi connectivity index (χ0n) is 47.9. The molecule has 76 heavy (non-hydrogen) atoms. The number of esters is 1. The summed E-state index contributed by atoms with van der Waals surface area (Å²) in [5, 5.41) is 9.39. The van der Waals surface area contributed by atoms with Crippen molar-refractivity contribution in [3.63, 3.8) is 0 Å². The molecule has 2 aromatic rings. The maximum absolute atomic E-state index is 13.9. The van der Waals surface area contributed by atoms with E-state index in [2.05, 4.69) is 0 Å². The lowest BCUT2D eigenvalue weighted by Gasteiger charge is -2.45. The van der Waals surface area contributed by atoms with Crippen molar-refractivity contribution in [1.82, 2.24) is 19.6 Å². The Balaban J connectivity index is 0.000000401. The summed E-state index contributed by atoms with van der Waals surface area (Å²) in [5.41, 5.74) is -0.528. The Morgan fingerprint density at radius 3 is 1.32 bits per heavy atom. The molecule has 4 amide bonds. The van der Waals surface area contributed by atoms with E-state index in [-0.39, 0.29) is 80.5 Å². The largest absolute Gasteiger partial charge is 0.493 e. The van der Waals surface area contributed by atoms with E-state index >= 15 is 0 Å². The molecule has 0 aliphatic carbocycles. The van der Waals surface area contributed by atoms with Crippen LogP contribution in [-0.2, 0) is 33.3 Å². The number of hydrogen-bond acceptors (Lipinski definition) is 15. The normalized spacial score (nSPS) is 17.7. The number of methoxy groups -OCH3 is 4. The average molecular weight is 1070 g/mol. The summed E-state index contributed by atoms with van der Waals surface area (Å²) in [6, 6.07) is 8.46. The van der Waals surface area contributed by atoms with E-state index < -0.39 is 35.4 Å². The Bertz CT molecular complexity index is 2190. The van der Waals surface area contributed by atoms with Crippen molar-refractivity contribution >= 4 is 35.9 Å². The van der Waals surface area contributed by atoms with Crippen LogP contribution in [0.5, 0.6) is 23.0 Å². The zero-order valence-corrected chi connectivity index (χ0v) is 47.9. The van der Waals surface area contributed by atoms with Crippen molar-refractivity contribution in [2.75, 3.05) is 74.6 Å². The molecule has 0 radical (unpaired) electrons. The predicted molar refractivity (Wildman–Crippen MR) is 286 cm³/mol. The zero-order chi connectivity index (χ0) is 56.9. The summed E-state index contributed by atoms with van der Waals surface area (Å²) >= 11 is 0. The van der Waals surface area contributed by atoms with Crippen LogP contribution in [0.15, 0.2) is 36.4 Å². The van der Waals surface area contributed by atoms with Crippen LogP contribution < -0.4 is 18.9 Å². The second-order valence-corrected chi connectivity index (χ2v) is 21.4. The summed E-state index contributed by atoms with van der Waals surface area (Å²) in [6.07, 6.45) is 2.40. The summed E-state index contributed by atoms with van der Waals surface area (Å²) in [7, 11) is 6.35. The van der Waals surface area contributed by atoms with Crippen molar-refractivity contribution < 1.29 is 76.5 Å². The van der Waals surface area contributed by atoms with Crippen molar-refractivity contribution in [2.45, 2.75) is 175 Å². The molecule has 2 saturated heterocycles. The monoisotopic (exact) mass is 1070 g/mol. The Hall–Kier alpha value is -6.02. The number of hydrogen-bond donors (Lipinski definition) is 1. The topological polar surface area (TPSA) is 219 Å². The van der Waals surface area contributed by atoms with Gasteiger partial charge in [-0.1, -0.05) is 0 Å². The smallest absolute Gasteiger partial charge is 0.410 e. The molecule has 20 nitrogen and oxygen atoms in total. The van der Waals surface area contributed by atoms with Gasteiger partial charge in [0.1, 0.15) is 11.2 Å². The number of carbonyl (C=O) groups excluding carboxylic acids is 5. The van der Waals surface area contributed by atoms with Crippen molar-refractivity contribution in [3.8, 4) is 23.0 Å². The molecule has 4 rings (SSSR count). The van der Waals surface area contributed by atoms with E-state index in [1.54, 1.807) is 128 Å². The van der Waals surface area contributed by atoms with Gasteiger partial charge in [0, 0.05) is 88.7 Å². The van der Waals surface area contributed by atoms with Gasteiger partial charge in [0.15, 0.2) is 23.0 Å². The molecule has 0 spiro atoms. The van der Waals surface area contributed by atoms with Crippen LogP contribution in [0.3, 0.4) is 0 Å². The predicted octanol–water partition coefficient (Wildman–Crippen LogP) is 8.89. The molecular weight excluding hydrogens is 985 g/mol. The number of ether oxygens (including phenoxy) is 9. The van der Waals surface area contributed by atoms with E-state index in [0.717, 1.165) is 0 Å². The number of aliphatic carboxylic acids is 1. The number of carboxylic acids is 1. The fourth-order valence-corrected chi connectivity index (χ4v) is 9.15. The van der Waals surface area contributed by atoms with E-state index in [1.807, 2.05) is 27.7 Å². The van der Waals surface area contributed by atoms with Crippen molar-refractivity contribution in [1.29, 1.82) is 0 Å². The van der Waals surface area contributed by atoms with Crippen LogP contribution in [0.4, 0.5) is 9.59 Å². The maximum Gasteiger partial charge on any atom is 0.410 e. The van der Waals surface area contributed by atoms with Gasteiger partial charge in [-0.25, -0.2) is 9.59 Å². The number of rotatable bonds is 23. The quantitative estimate of drug-likeness (QED) is 0.0624. The molecule has 2 aromatic carbocycles. The van der Waals surface area contributed by atoms with Crippen LogP contribution in [0, 0.1) is 0 Å². The highest BCUT2D eigenvalue weighted by Crippen LogP contribution is 2.34. The third-order valence-corrected chi connectivity index (χ3v) is 12.4. The third-order valence-electron chi connectivity index (χ3n) is 12.4. The highest BCUT2D eigenvalue weighted by Gasteiger charge is 2.42. The summed E-state index contributed by atoms with van der Waals surface area (Å²) in [6.45, 7) is 22.9. The van der Waals surface area contributed by atoms with Gasteiger partial charge in [0.05, 0.1) is 59.0 Å². The lowest BCUT2D eigenvalue weighted by atomic mass is 9.94. The molecule has 0 unspecified atom stereocenters. The van der Waals surface area contributed by atoms with Gasteiger partial charge in [-0.05, 0) is 138 Å². The Kier molecular flexibility index (Phi) is 25.9. The molecular formula is C56H88N4O16. The first kappa shape index (κ1) is 64.3. The number of nitrogens with zero attached hydrogens (tertiary/aromatic N) is 4. The van der Waals surface area contributed by atoms with Crippen LogP contribution >= 0.6 is 0 Å². The van der Waals surface area contributed by atoms with Crippen LogP contribution in [0.2, 0.25) is 0 Å². The van der Waals surface area contributed by atoms with Crippen LogP contribution in [-0.4, -0.2) is 183 Å². The Morgan fingerprint density at radius 2 is 0.987 bits per heavy atom. The lowest BCUT2D eigenvalue weighted by molar-refractivity contribution is -0.145. The van der Waals surface area contributed by atoms with Crippen LogP contribution in [0.1, 0.15) is 148 Å². The molecule has 1 N–H and O–H groups in total. The minimum absolute atomic E-state index is 0.0810. The number of carboxylic acid groups (broad SMARTS) is 1. The molecule has 2 heterocycles. The SMILES string of the molecule is CCOC(=O)C[C@H]1CC[C@@H](N(C(=O)c2ccc(OC)c(OCCCOC)c2)C(C)C)CN1C(=O)OC(C)(C)C.COCCCOc1cc(C(=O)N(C(C)C)[C@@H]2CC[C@H](CC(=O)O)N(C(=O)OC(C)(C)C)C2)ccc1OC. The second kappa shape index (κ2) is 30.7. The maximum atomic E-state index is 13.9. The van der Waals surface area contributed by atoms with Gasteiger partial charge in [-0.15, -0.1) is 0 Å². The number of likely N-dealkylation sites (tertiary alicyclic amines) is 2. The van der Waals surface area contributed by atoms with E-state index in [9.17, 15) is 33.9 Å². The first-order valence-electron chi connectivity index (χ1n) is 26.4. The minimum Gasteiger partial charge on any atom is -0.493 e. The molecule has 0 saturated carbocycles. The molecule has 428 valence electrons. The molecule has 0 bridgehead atoms. The standard InChI is InChI=1S/C29H46N2O8.C27H42N2O8/c1-9-37-26(32)18-22-12-13-23(19-30(22)28(34)39-29(4,5)6)31(20(2)3)27(33)21-11-14-24(36-8)25(17-21)38-16-10-15-35-7;1-18(2)29(25(32)19-9-12-22(35-7)23(15-19)36-14-8-13-34-6)21-11-10-20(16-24(30)31)28(17-21)26(33)37-27(3,4)5/h11,14,17,20,22-23H,9-10,12-13,15-16,18-19H2,1-8H3;9,12,15,18,20-21H,8,10-11,13-14,16-17H2,1-7H3,(H,30,31)/t22-,23-;20-,21-/m11/s1. The van der Waals surface area contributed by atoms with Crippen molar-refractivity contribution in [2.24, 2.45) is 0 Å². The van der Waals surface area contributed by atoms with Crippen LogP contribution in [0.25, 0.3) is 0 Å². The third kappa shape index (κ3) is 20.2. The van der Waals surface area contributed by atoms with Gasteiger partial charge >= 0.3 is 24.1 Å². The number of piperidine rings is 2. The van der Waals surface area contributed by atoms with Gasteiger partial charge in [0.2, 0.25) is 0 Å². The lowest BCUT2D eigenvalue weighted by Crippen LogP contribution is -2.57. The molecule has 0 aromatic heterocycles. The van der Waals surface area contributed by atoms with Gasteiger partial charge in [-0.2, -0.15) is 0 Å². The highest BCUT2D eigenvalue weighted by atomic mass is 16.6. The molecule has 2 aliphatic rings. The highest BCUT2D eigenvalue weighted by molar-refractivity contribution is 5.96. The van der Waals surface area contributed by atoms with E-state index in [4.69, 9.17) is 42.6 Å².